The van der Waals surface area contributed by atoms with Gasteiger partial charge in [0.15, 0.2) is 11.4 Å². The highest BCUT2D eigenvalue weighted by Crippen LogP contribution is 2.33. The third-order valence-electron chi connectivity index (χ3n) is 5.45. The van der Waals surface area contributed by atoms with Crippen LogP contribution in [0, 0.1) is 6.92 Å². The van der Waals surface area contributed by atoms with Crippen molar-refractivity contribution in [2.75, 3.05) is 29.9 Å². The minimum absolute atomic E-state index is 0.292. The number of benzene rings is 2. The van der Waals surface area contributed by atoms with E-state index in [4.69, 9.17) is 9.47 Å². The van der Waals surface area contributed by atoms with Crippen molar-refractivity contribution in [3.05, 3.63) is 72.1 Å². The lowest BCUT2D eigenvalue weighted by atomic mass is 10.1. The molecule has 1 aromatic heterocycles. The summed E-state index contributed by atoms with van der Waals surface area (Å²) in [4.78, 5) is 19.7. The van der Waals surface area contributed by atoms with Gasteiger partial charge in [0, 0.05) is 25.0 Å². The van der Waals surface area contributed by atoms with Crippen molar-refractivity contribution in [2.24, 2.45) is 0 Å². The van der Waals surface area contributed by atoms with Gasteiger partial charge in [-0.15, -0.1) is 0 Å². The van der Waals surface area contributed by atoms with Crippen LogP contribution < -0.4 is 19.7 Å². The number of rotatable bonds is 7. The van der Waals surface area contributed by atoms with Gasteiger partial charge >= 0.3 is 0 Å². The molecule has 0 unspecified atom stereocenters. The molecule has 4 rings (SSSR count). The molecule has 2 heterocycles. The molecule has 3 aromatic rings. The molecule has 0 atom stereocenters. The van der Waals surface area contributed by atoms with Crippen molar-refractivity contribution >= 4 is 17.3 Å². The number of carbonyl (C=O) groups is 1. The molecule has 0 radical (unpaired) electrons. The predicted molar refractivity (Wildman–Crippen MR) is 127 cm³/mol. The third kappa shape index (κ3) is 5.19. The largest absolute Gasteiger partial charge is 0.489 e. The Labute approximate surface area is 189 Å². The first kappa shape index (κ1) is 21.7. The number of amides is 1. The SMILES string of the molecule is CCOc1c(N2CCCCC2)ccnc1C(=O)Nc1ccc(Oc2ccc(C)cc2)cc1. The van der Waals surface area contributed by atoms with E-state index in [0.29, 0.717) is 29.5 Å². The van der Waals surface area contributed by atoms with Gasteiger partial charge in [-0.1, -0.05) is 17.7 Å². The summed E-state index contributed by atoms with van der Waals surface area (Å²) in [6.45, 7) is 6.36. The molecule has 1 saturated heterocycles. The van der Waals surface area contributed by atoms with E-state index in [-0.39, 0.29) is 5.91 Å². The van der Waals surface area contributed by atoms with Crippen LogP contribution in [-0.4, -0.2) is 30.6 Å². The van der Waals surface area contributed by atoms with Crippen molar-refractivity contribution in [1.29, 1.82) is 0 Å². The Morgan fingerprint density at radius 2 is 1.62 bits per heavy atom. The van der Waals surface area contributed by atoms with Crippen LogP contribution in [-0.2, 0) is 0 Å². The number of nitrogens with one attached hydrogen (secondary N) is 1. The van der Waals surface area contributed by atoms with Gasteiger partial charge < -0.3 is 19.7 Å². The average molecular weight is 432 g/mol. The van der Waals surface area contributed by atoms with Crippen LogP contribution in [0.25, 0.3) is 0 Å². The fourth-order valence-electron chi connectivity index (χ4n) is 3.81. The third-order valence-corrected chi connectivity index (χ3v) is 5.45. The Morgan fingerprint density at radius 1 is 0.969 bits per heavy atom. The highest BCUT2D eigenvalue weighted by Gasteiger charge is 2.22. The number of piperidine rings is 1. The van der Waals surface area contributed by atoms with Crippen molar-refractivity contribution in [3.63, 3.8) is 0 Å². The van der Waals surface area contributed by atoms with Gasteiger partial charge in [-0.05, 0) is 75.6 Å². The quantitative estimate of drug-likeness (QED) is 0.510. The highest BCUT2D eigenvalue weighted by atomic mass is 16.5. The molecule has 0 bridgehead atoms. The first-order valence-corrected chi connectivity index (χ1v) is 11.2. The number of anilines is 2. The summed E-state index contributed by atoms with van der Waals surface area (Å²) < 4.78 is 11.8. The molecule has 0 spiro atoms. The average Bonchev–Trinajstić information content (AvgIpc) is 2.82. The van der Waals surface area contributed by atoms with Gasteiger partial charge in [0.05, 0.1) is 12.3 Å². The number of aromatic nitrogens is 1. The second-order valence-electron chi connectivity index (χ2n) is 7.88. The van der Waals surface area contributed by atoms with Crippen LogP contribution in [0.5, 0.6) is 17.2 Å². The monoisotopic (exact) mass is 431 g/mol. The number of hydrogen-bond donors (Lipinski definition) is 1. The van der Waals surface area contributed by atoms with Crippen molar-refractivity contribution in [1.82, 2.24) is 4.98 Å². The van der Waals surface area contributed by atoms with E-state index in [9.17, 15) is 4.79 Å². The summed E-state index contributed by atoms with van der Waals surface area (Å²) in [5, 5.41) is 2.93. The zero-order chi connectivity index (χ0) is 22.3. The first-order valence-electron chi connectivity index (χ1n) is 11.2. The zero-order valence-electron chi connectivity index (χ0n) is 18.6. The molecule has 1 fully saturated rings. The Hall–Kier alpha value is -3.54. The van der Waals surface area contributed by atoms with Gasteiger partial charge in [0.1, 0.15) is 11.5 Å². The Bertz CT molecular complexity index is 1040. The Balaban J connectivity index is 1.48. The maximum Gasteiger partial charge on any atom is 0.278 e. The molecule has 1 amide bonds. The summed E-state index contributed by atoms with van der Waals surface area (Å²) in [5.74, 6) is 1.73. The molecule has 2 aromatic carbocycles. The molecule has 6 nitrogen and oxygen atoms in total. The standard InChI is InChI=1S/C26H29N3O3/c1-3-31-25-23(29-17-5-4-6-18-29)15-16-27-24(25)26(30)28-20-9-13-22(14-10-20)32-21-11-7-19(2)8-12-21/h7-16H,3-6,17-18H2,1-2H3,(H,28,30). The van der Waals surface area contributed by atoms with Crippen LogP contribution in [0.15, 0.2) is 60.8 Å². The minimum atomic E-state index is -0.292. The number of nitrogens with zero attached hydrogens (tertiary/aromatic N) is 2. The van der Waals surface area contributed by atoms with Crippen LogP contribution in [0.2, 0.25) is 0 Å². The summed E-state index contributed by atoms with van der Waals surface area (Å²) in [5.41, 5.74) is 3.09. The summed E-state index contributed by atoms with van der Waals surface area (Å²) >= 11 is 0. The number of pyridine rings is 1. The van der Waals surface area contributed by atoms with E-state index >= 15 is 0 Å². The molecule has 1 aliphatic rings. The number of carbonyl (C=O) groups excluding carboxylic acids is 1. The van der Waals surface area contributed by atoms with Gasteiger partial charge in [0.2, 0.25) is 0 Å². The minimum Gasteiger partial charge on any atom is -0.489 e. The Morgan fingerprint density at radius 3 is 2.28 bits per heavy atom. The molecular weight excluding hydrogens is 402 g/mol. The maximum atomic E-state index is 13.0. The van der Waals surface area contributed by atoms with Crippen molar-refractivity contribution in [3.8, 4) is 17.2 Å². The lowest BCUT2D eigenvalue weighted by Crippen LogP contribution is -2.30. The molecule has 166 valence electrons. The van der Waals surface area contributed by atoms with Gasteiger partial charge in [-0.2, -0.15) is 0 Å². The zero-order valence-corrected chi connectivity index (χ0v) is 18.6. The summed E-state index contributed by atoms with van der Waals surface area (Å²) in [6.07, 6.45) is 5.21. The van der Waals surface area contributed by atoms with Gasteiger partial charge in [0.25, 0.3) is 5.91 Å². The van der Waals surface area contributed by atoms with Crippen molar-refractivity contribution < 1.29 is 14.3 Å². The molecule has 0 saturated carbocycles. The molecular formula is C26H29N3O3. The lowest BCUT2D eigenvalue weighted by Gasteiger charge is -2.30. The summed E-state index contributed by atoms with van der Waals surface area (Å²) in [6, 6.07) is 17.1. The number of ether oxygens (including phenoxy) is 2. The summed E-state index contributed by atoms with van der Waals surface area (Å²) in [7, 11) is 0. The van der Waals surface area contributed by atoms with Crippen molar-refractivity contribution in [2.45, 2.75) is 33.1 Å². The predicted octanol–water partition coefficient (Wildman–Crippen LogP) is 5.82. The van der Waals surface area contributed by atoms with Crippen LogP contribution >= 0.6 is 0 Å². The van der Waals surface area contributed by atoms with E-state index in [0.717, 1.165) is 37.4 Å². The number of aryl methyl sites for hydroxylation is 1. The molecule has 1 N–H and O–H groups in total. The molecule has 6 heteroatoms. The van der Waals surface area contributed by atoms with Gasteiger partial charge in [-0.3, -0.25) is 4.79 Å². The second-order valence-corrected chi connectivity index (χ2v) is 7.88. The smallest absolute Gasteiger partial charge is 0.278 e. The maximum absolute atomic E-state index is 13.0. The second kappa shape index (κ2) is 10.2. The molecule has 0 aliphatic carbocycles. The first-order chi connectivity index (χ1) is 15.6. The van der Waals surface area contributed by atoms with Gasteiger partial charge in [-0.25, -0.2) is 4.98 Å². The van der Waals surface area contributed by atoms with Crippen LogP contribution in [0.3, 0.4) is 0 Å². The highest BCUT2D eigenvalue weighted by molar-refractivity contribution is 6.05. The Kier molecular flexibility index (Phi) is 6.90. The number of hydrogen-bond acceptors (Lipinski definition) is 5. The molecule has 1 aliphatic heterocycles. The van der Waals surface area contributed by atoms with Crippen LogP contribution in [0.1, 0.15) is 42.2 Å². The topological polar surface area (TPSA) is 63.7 Å². The van der Waals surface area contributed by atoms with E-state index in [1.165, 1.54) is 12.0 Å². The fraction of sp³-hybridized carbons (Fsp3) is 0.308. The van der Waals surface area contributed by atoms with E-state index < -0.39 is 0 Å². The lowest BCUT2D eigenvalue weighted by molar-refractivity contribution is 0.101. The normalized spacial score (nSPS) is 13.5. The molecule has 32 heavy (non-hydrogen) atoms. The van der Waals surface area contributed by atoms with E-state index in [1.807, 2.05) is 68.4 Å². The van der Waals surface area contributed by atoms with Crippen LogP contribution in [0.4, 0.5) is 11.4 Å². The van der Waals surface area contributed by atoms with E-state index in [1.54, 1.807) is 6.20 Å². The van der Waals surface area contributed by atoms with E-state index in [2.05, 4.69) is 15.2 Å². The fourth-order valence-corrected chi connectivity index (χ4v) is 3.81.